The van der Waals surface area contributed by atoms with Gasteiger partial charge in [-0.25, -0.2) is 0 Å². The van der Waals surface area contributed by atoms with Crippen LogP contribution in [0.2, 0.25) is 25.7 Å². The van der Waals surface area contributed by atoms with E-state index in [4.69, 9.17) is 4.74 Å². The quantitative estimate of drug-likeness (QED) is 0.567. The molecule has 119 valence electrons. The van der Waals surface area contributed by atoms with Gasteiger partial charge in [-0.2, -0.15) is 19.6 Å². The molecule has 0 aromatic carbocycles. The number of aromatic nitrogens is 3. The molecule has 8 heteroatoms. The number of ether oxygens (including phenoxy) is 1. The molecule has 1 saturated heterocycles. The number of nitrogens with zero attached hydrogens (tertiary/aromatic N) is 4. The smallest absolute Gasteiger partial charge is 0.236 e. The van der Waals surface area contributed by atoms with Gasteiger partial charge in [-0.15, -0.1) is 24.3 Å². The highest BCUT2D eigenvalue weighted by molar-refractivity contribution is 9.10. The van der Waals surface area contributed by atoms with Gasteiger partial charge < -0.3 is 4.74 Å². The van der Waals surface area contributed by atoms with Crippen LogP contribution in [0.3, 0.4) is 0 Å². The second kappa shape index (κ2) is 7.02. The number of carbonyl (C=O) groups excluding carboxylic acids is 1. The summed E-state index contributed by atoms with van der Waals surface area (Å²) in [5, 5.41) is 8.14. The summed E-state index contributed by atoms with van der Waals surface area (Å²) in [6.45, 7) is 8.78. The van der Waals surface area contributed by atoms with Crippen LogP contribution in [0.5, 0.6) is 0 Å². The first-order chi connectivity index (χ1) is 9.88. The normalized spacial score (nSPS) is 16.6. The van der Waals surface area contributed by atoms with Crippen LogP contribution in [0.15, 0.2) is 4.73 Å². The van der Waals surface area contributed by atoms with Crippen LogP contribution in [0.4, 0.5) is 5.95 Å². The lowest BCUT2D eigenvalue weighted by Gasteiger charge is -2.27. The Balaban J connectivity index is 1.99. The lowest BCUT2D eigenvalue weighted by atomic mass is 10.1. The second-order valence-corrected chi connectivity index (χ2v) is 12.9. The molecule has 1 aliphatic rings. The Labute approximate surface area is 135 Å². The molecule has 0 spiro atoms. The van der Waals surface area contributed by atoms with Crippen LogP contribution in [-0.2, 0) is 16.3 Å². The number of halogens is 1. The third-order valence-corrected chi connectivity index (χ3v) is 5.76. The van der Waals surface area contributed by atoms with Crippen molar-refractivity contribution >= 4 is 35.9 Å². The van der Waals surface area contributed by atoms with Gasteiger partial charge in [0.05, 0.1) is 0 Å². The summed E-state index contributed by atoms with van der Waals surface area (Å²) >= 11 is 3.38. The SMILES string of the molecule is C[Si-](C)(C)CCOCn1c(Br)nnc1N1CCCCC1=O. The zero-order valence-corrected chi connectivity index (χ0v) is 15.5. The van der Waals surface area contributed by atoms with Crippen LogP contribution < -0.4 is 4.90 Å². The molecule has 0 atom stereocenters. The van der Waals surface area contributed by atoms with Gasteiger partial charge in [0, 0.05) is 19.6 Å². The number of carbonyl (C=O) groups is 1. The van der Waals surface area contributed by atoms with E-state index in [-0.39, 0.29) is 5.91 Å². The summed E-state index contributed by atoms with van der Waals surface area (Å²) < 4.78 is 8.17. The Bertz CT molecular complexity index is 501. The Morgan fingerprint density at radius 2 is 2.05 bits per heavy atom. The maximum absolute atomic E-state index is 12.0. The molecule has 2 rings (SSSR count). The molecule has 0 aliphatic carbocycles. The van der Waals surface area contributed by atoms with E-state index in [1.807, 2.05) is 4.57 Å². The molecule has 1 aromatic rings. The minimum atomic E-state index is -1.09. The average Bonchev–Trinajstić information content (AvgIpc) is 2.76. The van der Waals surface area contributed by atoms with Crippen molar-refractivity contribution in [1.29, 1.82) is 0 Å². The van der Waals surface area contributed by atoms with Crippen LogP contribution in [0.25, 0.3) is 0 Å². The monoisotopic (exact) mass is 374 g/mol. The minimum absolute atomic E-state index is 0.115. The summed E-state index contributed by atoms with van der Waals surface area (Å²) in [6, 6.07) is 1.12. The van der Waals surface area contributed by atoms with Crippen LogP contribution in [0, 0.1) is 0 Å². The first kappa shape index (κ1) is 16.6. The summed E-state index contributed by atoms with van der Waals surface area (Å²) in [7, 11) is -1.09. The van der Waals surface area contributed by atoms with Gasteiger partial charge in [-0.05, 0) is 28.8 Å². The molecule has 0 unspecified atom stereocenters. The second-order valence-electron chi connectivity index (χ2n) is 6.55. The van der Waals surface area contributed by atoms with E-state index in [0.29, 0.717) is 30.4 Å². The zero-order chi connectivity index (χ0) is 15.5. The van der Waals surface area contributed by atoms with Gasteiger partial charge in [0.15, 0.2) is 0 Å². The number of anilines is 1. The van der Waals surface area contributed by atoms with Crippen molar-refractivity contribution < 1.29 is 9.53 Å². The Kier molecular flexibility index (Phi) is 5.56. The number of hydrogen-bond acceptors (Lipinski definition) is 4. The van der Waals surface area contributed by atoms with Crippen LogP contribution in [-0.4, -0.2) is 41.9 Å². The first-order valence-electron chi connectivity index (χ1n) is 7.35. The van der Waals surface area contributed by atoms with Crippen molar-refractivity contribution in [3.63, 3.8) is 0 Å². The lowest BCUT2D eigenvalue weighted by molar-refractivity contribution is -0.119. The molecule has 0 bridgehead atoms. The maximum Gasteiger partial charge on any atom is 0.236 e. The van der Waals surface area contributed by atoms with E-state index in [1.165, 1.54) is 0 Å². The number of piperidine rings is 1. The number of rotatable bonds is 6. The fourth-order valence-corrected chi connectivity index (χ4v) is 3.24. The molecule has 1 aliphatic heterocycles. The predicted molar refractivity (Wildman–Crippen MR) is 88.0 cm³/mol. The Morgan fingerprint density at radius 3 is 2.71 bits per heavy atom. The molecule has 0 saturated carbocycles. The third kappa shape index (κ3) is 4.62. The van der Waals surface area contributed by atoms with Crippen LogP contribution >= 0.6 is 15.9 Å². The van der Waals surface area contributed by atoms with Gasteiger partial charge in [0.1, 0.15) is 6.73 Å². The molecule has 1 fully saturated rings. The largest absolute Gasteiger partial charge is 0.364 e. The van der Waals surface area contributed by atoms with Crippen molar-refractivity contribution in [2.24, 2.45) is 0 Å². The van der Waals surface area contributed by atoms with Crippen molar-refractivity contribution in [2.45, 2.75) is 51.7 Å². The van der Waals surface area contributed by atoms with Gasteiger partial charge in [-0.3, -0.25) is 14.3 Å². The van der Waals surface area contributed by atoms with E-state index >= 15 is 0 Å². The van der Waals surface area contributed by atoms with Gasteiger partial charge in [0.25, 0.3) is 0 Å². The van der Waals surface area contributed by atoms with E-state index in [9.17, 15) is 4.79 Å². The van der Waals surface area contributed by atoms with E-state index in [0.717, 1.165) is 25.5 Å². The number of hydrogen-bond donors (Lipinski definition) is 0. The minimum Gasteiger partial charge on any atom is -0.364 e. The third-order valence-electron chi connectivity index (χ3n) is 3.47. The summed E-state index contributed by atoms with van der Waals surface area (Å²) in [5.74, 6) is 0.698. The van der Waals surface area contributed by atoms with Crippen molar-refractivity contribution in [3.05, 3.63) is 4.73 Å². The molecule has 0 N–H and O–H groups in total. The van der Waals surface area contributed by atoms with Gasteiger partial charge >= 0.3 is 0 Å². The first-order valence-corrected chi connectivity index (χ1v) is 11.9. The van der Waals surface area contributed by atoms with Crippen molar-refractivity contribution in [1.82, 2.24) is 14.8 Å². The highest BCUT2D eigenvalue weighted by atomic mass is 79.9. The fraction of sp³-hybridized carbons (Fsp3) is 0.769. The predicted octanol–water partition coefficient (Wildman–Crippen LogP) is 2.87. The Hall–Kier alpha value is -0.733. The molecule has 2 heterocycles. The fourth-order valence-electron chi connectivity index (χ4n) is 2.14. The molecular formula is C13H23BrN4O2Si-. The average molecular weight is 375 g/mol. The molecule has 21 heavy (non-hydrogen) atoms. The van der Waals surface area contributed by atoms with E-state index in [2.05, 4.69) is 45.8 Å². The standard InChI is InChI=1S/C13H23BrN4O2Si/c1-21(2,3)9-8-20-10-18-12(14)15-16-13(18)17-7-5-4-6-11(17)19/h4-10H2,1-3H3/q-1. The highest BCUT2D eigenvalue weighted by Crippen LogP contribution is 2.22. The summed E-state index contributed by atoms with van der Waals surface area (Å²) in [6.07, 6.45) is 2.55. The van der Waals surface area contributed by atoms with Crippen molar-refractivity contribution in [2.75, 3.05) is 18.1 Å². The van der Waals surface area contributed by atoms with Gasteiger partial charge in [-0.1, -0.05) is 0 Å². The zero-order valence-electron chi connectivity index (χ0n) is 12.9. The lowest BCUT2D eigenvalue weighted by Crippen LogP contribution is -2.37. The summed E-state index contributed by atoms with van der Waals surface area (Å²) in [5.41, 5.74) is 0. The molecule has 1 amide bonds. The summed E-state index contributed by atoms with van der Waals surface area (Å²) in [4.78, 5) is 13.7. The Morgan fingerprint density at radius 1 is 1.29 bits per heavy atom. The molecule has 0 radical (unpaired) electrons. The molecular weight excluding hydrogens is 352 g/mol. The maximum atomic E-state index is 12.0. The topological polar surface area (TPSA) is 60.2 Å². The van der Waals surface area contributed by atoms with E-state index < -0.39 is 8.07 Å². The molecule has 6 nitrogen and oxygen atoms in total. The van der Waals surface area contributed by atoms with E-state index in [1.54, 1.807) is 4.90 Å². The van der Waals surface area contributed by atoms with Crippen LogP contribution in [0.1, 0.15) is 19.3 Å². The van der Waals surface area contributed by atoms with Crippen molar-refractivity contribution in [3.8, 4) is 0 Å². The highest BCUT2D eigenvalue weighted by Gasteiger charge is 2.25. The number of amides is 1. The molecule has 1 aromatic heterocycles. The van der Waals surface area contributed by atoms with Gasteiger partial charge in [0.2, 0.25) is 16.6 Å².